The Morgan fingerprint density at radius 1 is 0.459 bits per heavy atom. The Balaban J connectivity index is 3.98. The second kappa shape index (κ2) is 56.4. The van der Waals surface area contributed by atoms with E-state index in [2.05, 4.69) is 43.5 Å². The maximum atomic E-state index is 13.0. The molecule has 8 nitrogen and oxygen atoms in total. The Morgan fingerprint density at radius 3 is 1.11 bits per heavy atom. The molecule has 438 valence electrons. The molecule has 1 amide bonds. The number of unbranched alkanes of at least 4 members (excludes halogenated alkanes) is 43. The molecule has 0 aromatic heterocycles. The van der Waals surface area contributed by atoms with Crippen LogP contribution in [0.25, 0.3) is 0 Å². The number of allylic oxidation sites excluding steroid dienone is 5. The number of likely N-dealkylation sites (N-methyl/N-ethyl adjacent to an activating group) is 1. The normalized spacial score (nSPS) is 14.0. The molecule has 0 aliphatic carbocycles. The van der Waals surface area contributed by atoms with Gasteiger partial charge >= 0.3 is 7.82 Å². The predicted octanol–water partition coefficient (Wildman–Crippen LogP) is 20.1. The number of nitrogens with one attached hydrogen (secondary N) is 1. The van der Waals surface area contributed by atoms with Gasteiger partial charge in [-0.15, -0.1) is 0 Å². The fraction of sp³-hybridized carbons (Fsp3) is 0.892. The molecule has 3 unspecified atom stereocenters. The Bertz CT molecular complexity index is 1300. The van der Waals surface area contributed by atoms with Crippen LogP contribution in [0.3, 0.4) is 0 Å². The summed E-state index contributed by atoms with van der Waals surface area (Å²) in [6.07, 6.45) is 74.2. The van der Waals surface area contributed by atoms with Crippen molar-refractivity contribution < 1.29 is 32.9 Å². The fourth-order valence-electron chi connectivity index (χ4n) is 9.78. The first kappa shape index (κ1) is 72.7. The Labute approximate surface area is 461 Å². The van der Waals surface area contributed by atoms with Crippen LogP contribution in [0.1, 0.15) is 322 Å². The minimum absolute atomic E-state index is 0.0637. The van der Waals surface area contributed by atoms with Crippen LogP contribution in [0, 0.1) is 0 Å². The lowest BCUT2D eigenvalue weighted by molar-refractivity contribution is -0.870. The fourth-order valence-corrected chi connectivity index (χ4v) is 10.5. The van der Waals surface area contributed by atoms with Crippen molar-refractivity contribution in [3.8, 4) is 0 Å². The molecule has 74 heavy (non-hydrogen) atoms. The van der Waals surface area contributed by atoms with Gasteiger partial charge < -0.3 is 19.8 Å². The van der Waals surface area contributed by atoms with Crippen LogP contribution in [0.5, 0.6) is 0 Å². The molecule has 0 spiro atoms. The number of phosphoric ester groups is 1. The zero-order valence-electron chi connectivity index (χ0n) is 50.1. The zero-order valence-corrected chi connectivity index (χ0v) is 51.0. The van der Waals surface area contributed by atoms with Crippen molar-refractivity contribution in [2.75, 3.05) is 40.9 Å². The van der Waals surface area contributed by atoms with Gasteiger partial charge in [-0.25, -0.2) is 4.57 Å². The molecule has 0 rings (SSSR count). The van der Waals surface area contributed by atoms with E-state index in [1.165, 1.54) is 257 Å². The number of aliphatic hydroxyl groups excluding tert-OH is 1. The SMILES string of the molecule is CCCCCCC/C=C\C/C=C\CCCCCCCCCCCCCCCCCCCCCCCCCC(=O)NC(COP(=O)(O)OCC[N+](C)(C)C)C(O)/C=C/CCCCCCCCCCCCCCCCC. The highest BCUT2D eigenvalue weighted by atomic mass is 31.2. The lowest BCUT2D eigenvalue weighted by Gasteiger charge is -2.25. The van der Waals surface area contributed by atoms with E-state index in [4.69, 9.17) is 9.05 Å². The van der Waals surface area contributed by atoms with Gasteiger partial charge in [-0.2, -0.15) is 0 Å². The lowest BCUT2D eigenvalue weighted by Crippen LogP contribution is -2.45. The van der Waals surface area contributed by atoms with Crippen LogP contribution >= 0.6 is 7.82 Å². The van der Waals surface area contributed by atoms with Crippen molar-refractivity contribution in [2.45, 2.75) is 334 Å². The Kier molecular flexibility index (Phi) is 55.5. The molecule has 0 heterocycles. The first-order valence-corrected chi connectivity index (χ1v) is 33.9. The molecule has 0 radical (unpaired) electrons. The van der Waals surface area contributed by atoms with Gasteiger partial charge in [-0.3, -0.25) is 13.8 Å². The van der Waals surface area contributed by atoms with E-state index in [0.29, 0.717) is 17.4 Å². The Morgan fingerprint density at radius 2 is 0.770 bits per heavy atom. The summed E-state index contributed by atoms with van der Waals surface area (Å²) in [5, 5.41) is 14.0. The highest BCUT2D eigenvalue weighted by molar-refractivity contribution is 7.47. The van der Waals surface area contributed by atoms with Gasteiger partial charge in [0.05, 0.1) is 39.9 Å². The van der Waals surface area contributed by atoms with E-state index in [1.54, 1.807) is 6.08 Å². The second-order valence-corrected chi connectivity index (χ2v) is 24.9. The summed E-state index contributed by atoms with van der Waals surface area (Å²) >= 11 is 0. The molecule has 0 aromatic carbocycles. The number of carbonyl (C=O) groups excluding carboxylic acids is 1. The van der Waals surface area contributed by atoms with Crippen molar-refractivity contribution in [3.63, 3.8) is 0 Å². The van der Waals surface area contributed by atoms with Crippen molar-refractivity contribution >= 4 is 13.7 Å². The maximum absolute atomic E-state index is 13.0. The van der Waals surface area contributed by atoms with Crippen LogP contribution < -0.4 is 5.32 Å². The van der Waals surface area contributed by atoms with Crippen LogP contribution in [0.2, 0.25) is 0 Å². The molecule has 3 N–H and O–H groups in total. The number of rotatable bonds is 60. The van der Waals surface area contributed by atoms with Crippen LogP contribution in [-0.2, 0) is 18.4 Å². The molecule has 0 fully saturated rings. The third-order valence-electron chi connectivity index (χ3n) is 14.9. The molecule has 0 aliphatic heterocycles. The lowest BCUT2D eigenvalue weighted by atomic mass is 10.0. The monoisotopic (exact) mass is 1060 g/mol. The number of hydrogen-bond acceptors (Lipinski definition) is 5. The summed E-state index contributed by atoms with van der Waals surface area (Å²) in [6, 6.07) is -0.844. The molecule has 0 saturated heterocycles. The summed E-state index contributed by atoms with van der Waals surface area (Å²) in [7, 11) is 1.59. The van der Waals surface area contributed by atoms with Gasteiger partial charge in [0.25, 0.3) is 0 Å². The second-order valence-electron chi connectivity index (χ2n) is 23.5. The van der Waals surface area contributed by atoms with Crippen LogP contribution in [0.4, 0.5) is 0 Å². The quantitative estimate of drug-likeness (QED) is 0.0243. The van der Waals surface area contributed by atoms with E-state index in [0.717, 1.165) is 44.9 Å². The van der Waals surface area contributed by atoms with E-state index < -0.39 is 20.0 Å². The largest absolute Gasteiger partial charge is 0.472 e. The Hall–Kier alpha value is -1.28. The molecule has 9 heteroatoms. The van der Waals surface area contributed by atoms with Gasteiger partial charge in [0.2, 0.25) is 5.91 Å². The average Bonchev–Trinajstić information content (AvgIpc) is 3.36. The number of hydrogen-bond donors (Lipinski definition) is 3. The van der Waals surface area contributed by atoms with Gasteiger partial charge in [-0.05, 0) is 51.4 Å². The number of quaternary nitrogens is 1. The standard InChI is InChI=1S/C65H127N2O6P/c1-6-8-10-12-14-16-18-20-22-24-25-26-27-28-29-30-31-32-33-34-35-36-37-38-39-40-41-43-45-47-49-51-53-55-57-59-65(69)66-63(62-73-74(70,71)72-61-60-67(3,4)5)64(68)58-56-54-52-50-48-46-44-42-23-21-19-17-15-13-11-9-7-2/h18,20,24-25,56,58,63-64,68H,6-17,19,21-23,26-55,57,59-62H2,1-5H3,(H-,66,69,70,71)/p+1/b20-18-,25-24-,58-56+. The van der Waals surface area contributed by atoms with E-state index in [1.807, 2.05) is 27.2 Å². The van der Waals surface area contributed by atoms with E-state index in [9.17, 15) is 19.4 Å². The van der Waals surface area contributed by atoms with Gasteiger partial charge in [0.1, 0.15) is 13.2 Å². The number of nitrogens with zero attached hydrogens (tertiary/aromatic N) is 1. The average molecular weight is 1060 g/mol. The topological polar surface area (TPSA) is 105 Å². The van der Waals surface area contributed by atoms with Crippen LogP contribution in [0.15, 0.2) is 36.5 Å². The number of amides is 1. The van der Waals surface area contributed by atoms with E-state index in [-0.39, 0.29) is 19.1 Å². The molecular formula is C65H128N2O6P+. The molecular weight excluding hydrogens is 936 g/mol. The van der Waals surface area contributed by atoms with Gasteiger partial charge in [0, 0.05) is 6.42 Å². The maximum Gasteiger partial charge on any atom is 0.472 e. The van der Waals surface area contributed by atoms with Crippen molar-refractivity contribution in [1.29, 1.82) is 0 Å². The molecule has 3 atom stereocenters. The minimum atomic E-state index is -4.35. The third-order valence-corrected chi connectivity index (χ3v) is 15.8. The third kappa shape index (κ3) is 58.4. The highest BCUT2D eigenvalue weighted by Gasteiger charge is 2.28. The highest BCUT2D eigenvalue weighted by Crippen LogP contribution is 2.43. The number of phosphoric acid groups is 1. The molecule has 0 aliphatic rings. The van der Waals surface area contributed by atoms with Crippen LogP contribution in [-0.4, -0.2) is 73.4 Å². The minimum Gasteiger partial charge on any atom is -0.387 e. The van der Waals surface area contributed by atoms with Crippen molar-refractivity contribution in [2.24, 2.45) is 0 Å². The first-order chi connectivity index (χ1) is 36.0. The summed E-state index contributed by atoms with van der Waals surface area (Å²) in [5.41, 5.74) is 0. The first-order valence-electron chi connectivity index (χ1n) is 32.4. The van der Waals surface area contributed by atoms with Crippen molar-refractivity contribution in [1.82, 2.24) is 5.32 Å². The smallest absolute Gasteiger partial charge is 0.387 e. The summed E-state index contributed by atoms with van der Waals surface area (Å²) in [4.78, 5) is 23.3. The predicted molar refractivity (Wildman–Crippen MR) is 323 cm³/mol. The summed E-state index contributed by atoms with van der Waals surface area (Å²) in [5.74, 6) is -0.171. The van der Waals surface area contributed by atoms with Gasteiger partial charge in [-0.1, -0.05) is 301 Å². The van der Waals surface area contributed by atoms with E-state index >= 15 is 0 Å². The van der Waals surface area contributed by atoms with Gasteiger partial charge in [0.15, 0.2) is 0 Å². The molecule has 0 bridgehead atoms. The zero-order chi connectivity index (χ0) is 54.2. The van der Waals surface area contributed by atoms with Crippen molar-refractivity contribution in [3.05, 3.63) is 36.5 Å². The number of aliphatic hydroxyl groups is 1. The summed E-state index contributed by atoms with van der Waals surface area (Å²) in [6.45, 7) is 4.85. The molecule has 0 saturated carbocycles. The molecule has 0 aromatic rings. The summed E-state index contributed by atoms with van der Waals surface area (Å²) < 4.78 is 23.7. The number of carbonyl (C=O) groups is 1.